The van der Waals surface area contributed by atoms with Gasteiger partial charge in [-0.15, -0.1) is 0 Å². The van der Waals surface area contributed by atoms with Crippen LogP contribution in [0.15, 0.2) is 35.9 Å². The summed E-state index contributed by atoms with van der Waals surface area (Å²) in [6.07, 6.45) is 7.96. The van der Waals surface area contributed by atoms with Crippen LogP contribution in [0.3, 0.4) is 0 Å². The molecule has 1 aromatic carbocycles. The molecule has 1 aliphatic rings. The number of amides is 4. The van der Waals surface area contributed by atoms with E-state index in [1.165, 1.54) is 18.4 Å². The van der Waals surface area contributed by atoms with E-state index in [0.717, 1.165) is 19.3 Å². The monoisotopic (exact) mass is 358 g/mol. The van der Waals surface area contributed by atoms with E-state index in [4.69, 9.17) is 5.73 Å². The summed E-state index contributed by atoms with van der Waals surface area (Å²) in [4.78, 5) is 34.7. The molecule has 1 aliphatic carbocycles. The highest BCUT2D eigenvalue weighted by molar-refractivity contribution is 5.97. The summed E-state index contributed by atoms with van der Waals surface area (Å²) < 4.78 is 0. The summed E-state index contributed by atoms with van der Waals surface area (Å²) in [5, 5.41) is 8.16. The van der Waals surface area contributed by atoms with Gasteiger partial charge in [0.15, 0.2) is 0 Å². The highest BCUT2D eigenvalue weighted by Gasteiger charge is 2.09. The molecule has 7 nitrogen and oxygen atoms in total. The normalized spacial score (nSPS) is 13.5. The quantitative estimate of drug-likeness (QED) is 0.535. The van der Waals surface area contributed by atoms with E-state index in [-0.39, 0.29) is 24.9 Å². The van der Waals surface area contributed by atoms with Crippen molar-refractivity contribution in [3.63, 3.8) is 0 Å². The molecule has 0 fully saturated rings. The zero-order chi connectivity index (χ0) is 18.8. The van der Waals surface area contributed by atoms with E-state index in [1.54, 1.807) is 24.3 Å². The van der Waals surface area contributed by atoms with Gasteiger partial charge in [-0.05, 0) is 50.3 Å². The summed E-state index contributed by atoms with van der Waals surface area (Å²) in [5.41, 5.74) is 7.38. The van der Waals surface area contributed by atoms with Gasteiger partial charge >= 0.3 is 6.03 Å². The predicted molar refractivity (Wildman–Crippen MR) is 101 cm³/mol. The lowest BCUT2D eigenvalue weighted by Gasteiger charge is -2.13. The fraction of sp³-hybridized carbons (Fsp3) is 0.421. The van der Waals surface area contributed by atoms with Crippen LogP contribution >= 0.6 is 0 Å². The van der Waals surface area contributed by atoms with E-state index in [0.29, 0.717) is 17.8 Å². The van der Waals surface area contributed by atoms with E-state index in [1.807, 2.05) is 0 Å². The molecule has 0 bridgehead atoms. The highest BCUT2D eigenvalue weighted by Crippen LogP contribution is 2.19. The van der Waals surface area contributed by atoms with Crippen molar-refractivity contribution < 1.29 is 14.4 Å². The lowest BCUT2D eigenvalue weighted by atomic mass is 9.97. The number of hydrogen-bond acceptors (Lipinski definition) is 3. The third kappa shape index (κ3) is 6.96. The molecule has 0 spiro atoms. The average Bonchev–Trinajstić information content (AvgIpc) is 2.62. The number of anilines is 1. The topological polar surface area (TPSA) is 113 Å². The molecule has 0 saturated heterocycles. The van der Waals surface area contributed by atoms with Gasteiger partial charge in [-0.3, -0.25) is 9.59 Å². The molecule has 140 valence electrons. The number of primary amides is 1. The van der Waals surface area contributed by atoms with E-state index in [2.05, 4.69) is 22.0 Å². The van der Waals surface area contributed by atoms with Crippen LogP contribution < -0.4 is 21.7 Å². The fourth-order valence-electron chi connectivity index (χ4n) is 2.78. The van der Waals surface area contributed by atoms with Crippen molar-refractivity contribution in [2.45, 2.75) is 38.5 Å². The lowest BCUT2D eigenvalue weighted by Crippen LogP contribution is -2.30. The first kappa shape index (κ1) is 19.5. The number of urea groups is 1. The van der Waals surface area contributed by atoms with Gasteiger partial charge in [-0.2, -0.15) is 0 Å². The summed E-state index contributed by atoms with van der Waals surface area (Å²) in [5.74, 6) is -0.791. The number of allylic oxidation sites excluding steroid dienone is 1. The van der Waals surface area contributed by atoms with Crippen LogP contribution in [0, 0.1) is 0 Å². The SMILES string of the molecule is NC(=O)CCNC(=O)c1cccc(NC(=O)NCCC2=CCCCC2)c1. The molecule has 0 aromatic heterocycles. The van der Waals surface area contributed by atoms with E-state index < -0.39 is 5.91 Å². The summed E-state index contributed by atoms with van der Waals surface area (Å²) in [7, 11) is 0. The predicted octanol–water partition coefficient (Wildman–Crippen LogP) is 2.30. The minimum absolute atomic E-state index is 0.0858. The maximum atomic E-state index is 12.0. The molecule has 0 radical (unpaired) electrons. The van der Waals surface area contributed by atoms with E-state index >= 15 is 0 Å². The molecule has 0 unspecified atom stereocenters. The van der Waals surface area contributed by atoms with Crippen LogP contribution in [-0.4, -0.2) is 30.9 Å². The van der Waals surface area contributed by atoms with Crippen molar-refractivity contribution in [1.82, 2.24) is 10.6 Å². The second-order valence-electron chi connectivity index (χ2n) is 6.29. The van der Waals surface area contributed by atoms with Crippen LogP contribution in [0.2, 0.25) is 0 Å². The van der Waals surface area contributed by atoms with Gasteiger partial charge < -0.3 is 21.7 Å². The zero-order valence-corrected chi connectivity index (χ0v) is 14.8. The molecule has 0 aliphatic heterocycles. The molecule has 1 aromatic rings. The fourth-order valence-corrected chi connectivity index (χ4v) is 2.78. The van der Waals surface area contributed by atoms with Gasteiger partial charge in [0.1, 0.15) is 0 Å². The van der Waals surface area contributed by atoms with Gasteiger partial charge in [-0.25, -0.2) is 4.79 Å². The van der Waals surface area contributed by atoms with Gasteiger partial charge in [-0.1, -0.05) is 17.7 Å². The molecular formula is C19H26N4O3. The van der Waals surface area contributed by atoms with Crippen molar-refractivity contribution >= 4 is 23.5 Å². The van der Waals surface area contributed by atoms with Crippen LogP contribution in [0.1, 0.15) is 48.9 Å². The molecular weight excluding hydrogens is 332 g/mol. The van der Waals surface area contributed by atoms with E-state index in [9.17, 15) is 14.4 Å². The van der Waals surface area contributed by atoms with Crippen molar-refractivity contribution in [3.8, 4) is 0 Å². The smallest absolute Gasteiger partial charge is 0.319 e. The zero-order valence-electron chi connectivity index (χ0n) is 14.8. The number of carbonyl (C=O) groups is 3. The second-order valence-corrected chi connectivity index (χ2v) is 6.29. The maximum Gasteiger partial charge on any atom is 0.319 e. The molecule has 0 heterocycles. The Bertz CT molecular complexity index is 685. The Kier molecular flexibility index (Phi) is 7.67. The van der Waals surface area contributed by atoms with Crippen molar-refractivity contribution in [2.24, 2.45) is 5.73 Å². The minimum atomic E-state index is -0.471. The van der Waals surface area contributed by atoms with Crippen LogP contribution in [0.25, 0.3) is 0 Å². The third-order valence-corrected chi connectivity index (χ3v) is 4.16. The highest BCUT2D eigenvalue weighted by atomic mass is 16.2. The number of rotatable bonds is 8. The standard InChI is InChI=1S/C19H26N4O3/c20-17(24)10-12-21-18(25)15-7-4-8-16(13-15)23-19(26)22-11-9-14-5-2-1-3-6-14/h4-5,7-8,13H,1-3,6,9-12H2,(H2,20,24)(H,21,25)(H2,22,23,26). The van der Waals surface area contributed by atoms with Crippen LogP contribution in [0.4, 0.5) is 10.5 Å². The molecule has 4 amide bonds. The first-order valence-electron chi connectivity index (χ1n) is 8.94. The van der Waals surface area contributed by atoms with Gasteiger partial charge in [0.2, 0.25) is 5.91 Å². The Hall–Kier alpha value is -2.83. The number of nitrogens with two attached hydrogens (primary N) is 1. The molecule has 5 N–H and O–H groups in total. The van der Waals surface area contributed by atoms with Gasteiger partial charge in [0, 0.05) is 30.8 Å². The van der Waals surface area contributed by atoms with Gasteiger partial charge in [0.25, 0.3) is 5.91 Å². The first-order chi connectivity index (χ1) is 12.5. The van der Waals surface area contributed by atoms with Crippen molar-refractivity contribution in [3.05, 3.63) is 41.5 Å². The molecule has 7 heteroatoms. The molecule has 2 rings (SSSR count). The average molecular weight is 358 g/mol. The summed E-state index contributed by atoms with van der Waals surface area (Å²) in [6, 6.07) is 6.32. The van der Waals surface area contributed by atoms with Crippen LogP contribution in [-0.2, 0) is 4.79 Å². The van der Waals surface area contributed by atoms with Crippen molar-refractivity contribution in [1.29, 1.82) is 0 Å². The lowest BCUT2D eigenvalue weighted by molar-refractivity contribution is -0.117. The maximum absolute atomic E-state index is 12.0. The van der Waals surface area contributed by atoms with Crippen molar-refractivity contribution in [2.75, 3.05) is 18.4 Å². The first-order valence-corrected chi connectivity index (χ1v) is 8.94. The number of hydrogen-bond donors (Lipinski definition) is 4. The molecule has 26 heavy (non-hydrogen) atoms. The Morgan fingerprint density at radius 3 is 2.65 bits per heavy atom. The Balaban J connectivity index is 1.77. The van der Waals surface area contributed by atoms with Gasteiger partial charge in [0.05, 0.1) is 0 Å². The van der Waals surface area contributed by atoms with Crippen LogP contribution in [0.5, 0.6) is 0 Å². The summed E-state index contributed by atoms with van der Waals surface area (Å²) in [6.45, 7) is 0.771. The molecule has 0 saturated carbocycles. The molecule has 0 atom stereocenters. The third-order valence-electron chi connectivity index (χ3n) is 4.16. The second kappa shape index (κ2) is 10.2. The minimum Gasteiger partial charge on any atom is -0.370 e. The number of benzene rings is 1. The Morgan fingerprint density at radius 1 is 1.08 bits per heavy atom. The largest absolute Gasteiger partial charge is 0.370 e. The number of nitrogens with one attached hydrogen (secondary N) is 3. The summed E-state index contributed by atoms with van der Waals surface area (Å²) >= 11 is 0. The Morgan fingerprint density at radius 2 is 1.92 bits per heavy atom. The number of carbonyl (C=O) groups excluding carboxylic acids is 3. The Labute approximate surface area is 153 Å².